The van der Waals surface area contributed by atoms with Crippen LogP contribution in [0.4, 0.5) is 8.78 Å². The van der Waals surface area contributed by atoms with Crippen molar-refractivity contribution in [3.05, 3.63) is 35.4 Å². The predicted octanol–water partition coefficient (Wildman–Crippen LogP) is 1.73. The summed E-state index contributed by atoms with van der Waals surface area (Å²) in [6.07, 6.45) is 4.47. The number of carbonyl (C=O) groups excluding carboxylic acids is 4. The van der Waals surface area contributed by atoms with Crippen molar-refractivity contribution in [3.8, 4) is 0 Å². The van der Waals surface area contributed by atoms with Gasteiger partial charge in [0.15, 0.2) is 0 Å². The van der Waals surface area contributed by atoms with Gasteiger partial charge in [-0.3, -0.25) is 14.4 Å². The van der Waals surface area contributed by atoms with Crippen molar-refractivity contribution in [1.82, 2.24) is 15.5 Å². The second kappa shape index (κ2) is 9.97. The van der Waals surface area contributed by atoms with Crippen molar-refractivity contribution in [2.75, 3.05) is 13.1 Å². The summed E-state index contributed by atoms with van der Waals surface area (Å²) < 4.78 is 26.9. The van der Waals surface area contributed by atoms with Crippen molar-refractivity contribution in [2.24, 2.45) is 17.8 Å². The lowest BCUT2D eigenvalue weighted by atomic mass is 9.92. The Morgan fingerprint density at radius 1 is 1.18 bits per heavy atom. The molecule has 7 nitrogen and oxygen atoms in total. The van der Waals surface area contributed by atoms with E-state index in [0.29, 0.717) is 31.4 Å². The molecule has 1 saturated carbocycles. The number of halogens is 2. The van der Waals surface area contributed by atoms with Gasteiger partial charge < -0.3 is 20.3 Å². The number of hydrogen-bond acceptors (Lipinski definition) is 4. The number of amides is 3. The molecule has 3 fully saturated rings. The number of benzene rings is 1. The van der Waals surface area contributed by atoms with Crippen LogP contribution < -0.4 is 10.6 Å². The van der Waals surface area contributed by atoms with E-state index in [1.54, 1.807) is 4.90 Å². The third kappa shape index (κ3) is 5.23. The van der Waals surface area contributed by atoms with E-state index in [0.717, 1.165) is 25.3 Å². The molecule has 2 saturated heterocycles. The van der Waals surface area contributed by atoms with Crippen LogP contribution >= 0.6 is 0 Å². The number of rotatable bonds is 8. The van der Waals surface area contributed by atoms with Crippen LogP contribution in [0, 0.1) is 29.4 Å². The van der Waals surface area contributed by atoms with Gasteiger partial charge >= 0.3 is 0 Å². The molecule has 0 bridgehead atoms. The fourth-order valence-electron chi connectivity index (χ4n) is 5.64. The van der Waals surface area contributed by atoms with Crippen molar-refractivity contribution in [1.29, 1.82) is 0 Å². The quantitative estimate of drug-likeness (QED) is 0.577. The normalized spacial score (nSPS) is 27.2. The molecular formula is C24H29F2N3O4. The maximum Gasteiger partial charge on any atom is 0.243 e. The van der Waals surface area contributed by atoms with Crippen LogP contribution in [0.1, 0.15) is 44.1 Å². The summed E-state index contributed by atoms with van der Waals surface area (Å²) in [5.74, 6) is -2.17. The summed E-state index contributed by atoms with van der Waals surface area (Å²) in [6.45, 7) is 1.03. The molecule has 1 aromatic carbocycles. The Kier molecular flexibility index (Phi) is 7.05. The van der Waals surface area contributed by atoms with Crippen LogP contribution in [0.2, 0.25) is 0 Å². The van der Waals surface area contributed by atoms with Gasteiger partial charge in [0.1, 0.15) is 24.0 Å². The monoisotopic (exact) mass is 461 g/mol. The first-order chi connectivity index (χ1) is 15.9. The van der Waals surface area contributed by atoms with Gasteiger partial charge in [0.25, 0.3) is 0 Å². The molecule has 2 N–H and O–H groups in total. The molecule has 1 aromatic rings. The van der Waals surface area contributed by atoms with Gasteiger partial charge in [-0.25, -0.2) is 8.78 Å². The fraction of sp³-hybridized carbons (Fsp3) is 0.583. The maximum atomic E-state index is 13.5. The molecule has 178 valence electrons. The zero-order chi connectivity index (χ0) is 23.5. The minimum atomic E-state index is -0.793. The molecule has 0 spiro atoms. The van der Waals surface area contributed by atoms with Crippen LogP contribution in [0.5, 0.6) is 0 Å². The summed E-state index contributed by atoms with van der Waals surface area (Å²) in [5, 5.41) is 5.49. The zero-order valence-corrected chi connectivity index (χ0v) is 18.4. The van der Waals surface area contributed by atoms with Crippen molar-refractivity contribution in [2.45, 2.75) is 57.0 Å². The van der Waals surface area contributed by atoms with E-state index < -0.39 is 23.7 Å². The summed E-state index contributed by atoms with van der Waals surface area (Å²) in [4.78, 5) is 51.3. The Labute approximate surface area is 191 Å². The molecular weight excluding hydrogens is 432 g/mol. The Balaban J connectivity index is 1.42. The number of hydrogen-bond donors (Lipinski definition) is 2. The van der Waals surface area contributed by atoms with Crippen LogP contribution in [0.15, 0.2) is 18.2 Å². The van der Waals surface area contributed by atoms with Gasteiger partial charge in [-0.15, -0.1) is 0 Å². The highest BCUT2D eigenvalue weighted by molar-refractivity contribution is 5.90. The van der Waals surface area contributed by atoms with E-state index in [2.05, 4.69) is 10.6 Å². The van der Waals surface area contributed by atoms with E-state index in [4.69, 9.17) is 0 Å². The summed E-state index contributed by atoms with van der Waals surface area (Å²) in [5.41, 5.74) is 0.386. The van der Waals surface area contributed by atoms with Gasteiger partial charge in [-0.1, -0.05) is 6.42 Å². The maximum absolute atomic E-state index is 13.5. The third-order valence-corrected chi connectivity index (χ3v) is 7.22. The highest BCUT2D eigenvalue weighted by Crippen LogP contribution is 2.42. The van der Waals surface area contributed by atoms with Crippen molar-refractivity contribution in [3.63, 3.8) is 0 Å². The molecule has 2 unspecified atom stereocenters. The minimum absolute atomic E-state index is 0.0302. The number of fused-ring (bicyclic) bond motifs is 1. The second-order valence-corrected chi connectivity index (χ2v) is 9.39. The first-order valence-electron chi connectivity index (χ1n) is 11.6. The molecule has 2 heterocycles. The summed E-state index contributed by atoms with van der Waals surface area (Å²) in [6, 6.07) is 1.72. The second-order valence-electron chi connectivity index (χ2n) is 9.39. The molecule has 33 heavy (non-hydrogen) atoms. The van der Waals surface area contributed by atoms with E-state index in [9.17, 15) is 28.0 Å². The predicted molar refractivity (Wildman–Crippen MR) is 115 cm³/mol. The smallest absolute Gasteiger partial charge is 0.243 e. The molecule has 0 radical (unpaired) electrons. The average Bonchev–Trinajstić information content (AvgIpc) is 3.47. The number of carbonyl (C=O) groups is 4. The Morgan fingerprint density at radius 2 is 1.94 bits per heavy atom. The fourth-order valence-corrected chi connectivity index (χ4v) is 5.64. The van der Waals surface area contributed by atoms with Gasteiger partial charge in [0.05, 0.1) is 6.04 Å². The highest BCUT2D eigenvalue weighted by atomic mass is 19.1. The van der Waals surface area contributed by atoms with Crippen LogP contribution in [-0.4, -0.2) is 54.1 Å². The SMILES string of the molecule is O=C[C@H](C[C@@H]1CCNC1=O)NC(=O)[C@H]1C2CCCC2CN1C(=O)CCc1cc(F)cc(F)c1. The average molecular weight is 462 g/mol. The van der Waals surface area contributed by atoms with E-state index >= 15 is 0 Å². The van der Waals surface area contributed by atoms with E-state index in [-0.39, 0.29) is 54.7 Å². The molecule has 9 heteroatoms. The van der Waals surface area contributed by atoms with Crippen LogP contribution in [-0.2, 0) is 25.6 Å². The molecule has 4 rings (SSSR count). The summed E-state index contributed by atoms with van der Waals surface area (Å²) >= 11 is 0. The van der Waals surface area contributed by atoms with Gasteiger partial charge in [0.2, 0.25) is 17.7 Å². The van der Waals surface area contributed by atoms with Gasteiger partial charge in [0, 0.05) is 31.5 Å². The molecule has 0 aromatic heterocycles. The lowest BCUT2D eigenvalue weighted by molar-refractivity contribution is -0.140. The van der Waals surface area contributed by atoms with Crippen molar-refractivity contribution >= 4 is 24.0 Å². The molecule has 1 aliphatic carbocycles. The third-order valence-electron chi connectivity index (χ3n) is 7.22. The molecule has 2 aliphatic heterocycles. The lowest BCUT2D eigenvalue weighted by Crippen LogP contribution is -2.52. The first-order valence-corrected chi connectivity index (χ1v) is 11.6. The van der Waals surface area contributed by atoms with Crippen LogP contribution in [0.3, 0.4) is 0 Å². The standard InChI is InChI=1S/C24H29F2N3O4/c25-17-8-14(9-18(26)11-17)4-5-21(31)29-12-16-2-1-3-20(16)22(29)24(33)28-19(13-30)10-15-6-7-27-23(15)32/h8-9,11,13,15-16,19-20,22H,1-7,10,12H2,(H,27,32)(H,28,33)/t15-,16?,19-,20?,22+/m0/s1. The Hall–Kier alpha value is -2.84. The van der Waals surface area contributed by atoms with Crippen molar-refractivity contribution < 1.29 is 28.0 Å². The van der Waals surface area contributed by atoms with Gasteiger partial charge in [-0.05, 0) is 61.6 Å². The summed E-state index contributed by atoms with van der Waals surface area (Å²) in [7, 11) is 0. The largest absolute Gasteiger partial charge is 0.356 e. The lowest BCUT2D eigenvalue weighted by Gasteiger charge is -2.28. The van der Waals surface area contributed by atoms with Crippen LogP contribution in [0.25, 0.3) is 0 Å². The minimum Gasteiger partial charge on any atom is -0.356 e. The number of aldehydes is 1. The number of likely N-dealkylation sites (tertiary alicyclic amines) is 1. The topological polar surface area (TPSA) is 95.6 Å². The van der Waals surface area contributed by atoms with Gasteiger partial charge in [-0.2, -0.15) is 0 Å². The highest BCUT2D eigenvalue weighted by Gasteiger charge is 2.49. The first kappa shape index (κ1) is 23.3. The molecule has 3 amide bonds. The Morgan fingerprint density at radius 3 is 2.61 bits per heavy atom. The van der Waals surface area contributed by atoms with E-state index in [1.165, 1.54) is 12.1 Å². The zero-order valence-electron chi connectivity index (χ0n) is 18.4. The number of aryl methyl sites for hydroxylation is 1. The number of nitrogens with zero attached hydrogens (tertiary/aromatic N) is 1. The molecule has 3 aliphatic rings. The number of nitrogens with one attached hydrogen (secondary N) is 2. The Bertz CT molecular complexity index is 920. The molecule has 5 atom stereocenters. The van der Waals surface area contributed by atoms with E-state index in [1.807, 2.05) is 0 Å².